The number of nitrogens with one attached hydrogen (secondary N) is 1. The van der Waals surface area contributed by atoms with Crippen LogP contribution < -0.4 is 5.32 Å². The molecule has 2 aliphatic rings. The zero-order valence-electron chi connectivity index (χ0n) is 12.6. The van der Waals surface area contributed by atoms with Crippen LogP contribution in [0.25, 0.3) is 0 Å². The van der Waals surface area contributed by atoms with Crippen LogP contribution in [0.3, 0.4) is 0 Å². The fourth-order valence-corrected chi connectivity index (χ4v) is 3.48. The van der Waals surface area contributed by atoms with Gasteiger partial charge in [-0.25, -0.2) is 9.97 Å². The molecule has 116 valence electrons. The van der Waals surface area contributed by atoms with Crippen molar-refractivity contribution in [3.05, 3.63) is 23.8 Å². The highest BCUT2D eigenvalue weighted by Gasteiger charge is 2.42. The van der Waals surface area contributed by atoms with Crippen molar-refractivity contribution in [3.8, 4) is 0 Å². The Bertz CT molecular complexity index is 478. The Hall–Kier alpha value is -1.04. The third-order valence-corrected chi connectivity index (χ3v) is 4.91. The smallest absolute Gasteiger partial charge is 0.125 e. The van der Waals surface area contributed by atoms with Gasteiger partial charge in [-0.15, -0.1) is 0 Å². The normalized spacial score (nSPS) is 32.5. The number of aliphatic hydroxyl groups excluding tert-OH is 2. The molecule has 21 heavy (non-hydrogen) atoms. The second-order valence-corrected chi connectivity index (χ2v) is 6.57. The first-order valence-corrected chi connectivity index (χ1v) is 7.98. The van der Waals surface area contributed by atoms with Crippen molar-refractivity contribution in [2.45, 2.75) is 44.8 Å². The molecule has 0 aromatic carbocycles. The lowest BCUT2D eigenvalue weighted by molar-refractivity contribution is 0.0716. The third-order valence-electron chi connectivity index (χ3n) is 4.91. The quantitative estimate of drug-likeness (QED) is 0.718. The molecule has 0 saturated heterocycles. The molecule has 2 aliphatic carbocycles. The molecule has 0 amide bonds. The number of aliphatic hydroxyl groups is 2. The van der Waals surface area contributed by atoms with E-state index in [9.17, 15) is 10.2 Å². The van der Waals surface area contributed by atoms with E-state index in [2.05, 4.69) is 15.3 Å². The van der Waals surface area contributed by atoms with Gasteiger partial charge in [-0.05, 0) is 57.1 Å². The summed E-state index contributed by atoms with van der Waals surface area (Å²) in [7, 11) is 0. The molecular weight excluding hydrogens is 266 g/mol. The van der Waals surface area contributed by atoms with Crippen LogP contribution in [0.1, 0.15) is 30.8 Å². The van der Waals surface area contributed by atoms with Gasteiger partial charge in [0.25, 0.3) is 0 Å². The molecule has 1 aromatic rings. The number of nitrogens with zero attached hydrogens (tertiary/aromatic N) is 2. The van der Waals surface area contributed by atoms with Crippen molar-refractivity contribution in [1.82, 2.24) is 15.3 Å². The highest BCUT2D eigenvalue weighted by Crippen LogP contribution is 2.36. The number of hydrogen-bond donors (Lipinski definition) is 3. The van der Waals surface area contributed by atoms with Crippen molar-refractivity contribution in [2.24, 2.45) is 17.8 Å². The topological polar surface area (TPSA) is 78.3 Å². The highest BCUT2D eigenvalue weighted by molar-refractivity contribution is 5.07. The fourth-order valence-electron chi connectivity index (χ4n) is 3.48. The number of rotatable bonds is 6. The van der Waals surface area contributed by atoms with Gasteiger partial charge in [-0.3, -0.25) is 0 Å². The maximum Gasteiger partial charge on any atom is 0.125 e. The molecule has 0 spiro atoms. The zero-order valence-corrected chi connectivity index (χ0v) is 12.6. The minimum atomic E-state index is -0.417. The van der Waals surface area contributed by atoms with Crippen LogP contribution in [0.15, 0.2) is 12.3 Å². The SMILES string of the molecule is Cc1nccc(CC2C(NCC3CC3)CC(O)C2CO)n1. The Balaban J connectivity index is 1.69. The molecule has 0 aliphatic heterocycles. The summed E-state index contributed by atoms with van der Waals surface area (Å²) in [5, 5.41) is 23.4. The summed E-state index contributed by atoms with van der Waals surface area (Å²) in [6, 6.07) is 2.21. The summed E-state index contributed by atoms with van der Waals surface area (Å²) in [4.78, 5) is 8.60. The van der Waals surface area contributed by atoms with Crippen molar-refractivity contribution < 1.29 is 10.2 Å². The molecular formula is C16H25N3O2. The Labute approximate surface area is 125 Å². The van der Waals surface area contributed by atoms with Crippen LogP contribution in [-0.4, -0.2) is 45.5 Å². The van der Waals surface area contributed by atoms with Gasteiger partial charge in [0, 0.05) is 30.5 Å². The molecule has 1 aromatic heterocycles. The summed E-state index contributed by atoms with van der Waals surface area (Å²) in [5.41, 5.74) is 0.998. The van der Waals surface area contributed by atoms with E-state index >= 15 is 0 Å². The average molecular weight is 291 g/mol. The first kappa shape index (κ1) is 14.9. The predicted octanol–water partition coefficient (Wildman–Crippen LogP) is 0.685. The molecule has 4 atom stereocenters. The van der Waals surface area contributed by atoms with E-state index in [0.29, 0.717) is 0 Å². The Kier molecular flexibility index (Phi) is 4.52. The van der Waals surface area contributed by atoms with E-state index in [1.807, 2.05) is 13.0 Å². The summed E-state index contributed by atoms with van der Waals surface area (Å²) >= 11 is 0. The van der Waals surface area contributed by atoms with Crippen molar-refractivity contribution >= 4 is 0 Å². The van der Waals surface area contributed by atoms with E-state index < -0.39 is 6.10 Å². The van der Waals surface area contributed by atoms with Crippen molar-refractivity contribution in [3.63, 3.8) is 0 Å². The number of hydrogen-bond acceptors (Lipinski definition) is 5. The van der Waals surface area contributed by atoms with Gasteiger partial charge in [0.1, 0.15) is 5.82 Å². The van der Waals surface area contributed by atoms with Crippen LogP contribution in [0, 0.1) is 24.7 Å². The van der Waals surface area contributed by atoms with E-state index in [0.717, 1.165) is 36.8 Å². The summed E-state index contributed by atoms with van der Waals surface area (Å²) < 4.78 is 0. The van der Waals surface area contributed by atoms with E-state index in [4.69, 9.17) is 0 Å². The highest BCUT2D eigenvalue weighted by atomic mass is 16.3. The van der Waals surface area contributed by atoms with Gasteiger partial charge in [-0.2, -0.15) is 0 Å². The molecule has 0 radical (unpaired) electrons. The first-order valence-electron chi connectivity index (χ1n) is 7.98. The van der Waals surface area contributed by atoms with Crippen LogP contribution >= 0.6 is 0 Å². The second kappa shape index (κ2) is 6.38. The fraction of sp³-hybridized carbons (Fsp3) is 0.750. The van der Waals surface area contributed by atoms with Crippen LogP contribution in [0.2, 0.25) is 0 Å². The molecule has 0 bridgehead atoms. The van der Waals surface area contributed by atoms with E-state index in [1.165, 1.54) is 12.8 Å². The summed E-state index contributed by atoms with van der Waals surface area (Å²) in [6.45, 7) is 2.96. The molecule has 5 nitrogen and oxygen atoms in total. The van der Waals surface area contributed by atoms with Crippen molar-refractivity contribution in [1.29, 1.82) is 0 Å². The van der Waals surface area contributed by atoms with E-state index in [1.54, 1.807) is 6.20 Å². The van der Waals surface area contributed by atoms with Crippen LogP contribution in [-0.2, 0) is 6.42 Å². The Morgan fingerprint density at radius 1 is 1.33 bits per heavy atom. The van der Waals surface area contributed by atoms with Gasteiger partial charge in [0.05, 0.1) is 6.10 Å². The Morgan fingerprint density at radius 3 is 2.81 bits per heavy atom. The Morgan fingerprint density at radius 2 is 2.14 bits per heavy atom. The maximum absolute atomic E-state index is 10.2. The third kappa shape index (κ3) is 3.59. The minimum Gasteiger partial charge on any atom is -0.396 e. The first-order chi connectivity index (χ1) is 10.2. The van der Waals surface area contributed by atoms with Crippen molar-refractivity contribution in [2.75, 3.05) is 13.2 Å². The monoisotopic (exact) mass is 291 g/mol. The molecule has 4 unspecified atom stereocenters. The summed E-state index contributed by atoms with van der Waals surface area (Å²) in [5.74, 6) is 1.77. The van der Waals surface area contributed by atoms with Gasteiger partial charge >= 0.3 is 0 Å². The molecule has 2 saturated carbocycles. The molecule has 1 heterocycles. The zero-order chi connectivity index (χ0) is 14.8. The summed E-state index contributed by atoms with van der Waals surface area (Å²) in [6.07, 6.45) is 5.52. The van der Waals surface area contributed by atoms with Crippen LogP contribution in [0.5, 0.6) is 0 Å². The number of aryl methyl sites for hydroxylation is 1. The predicted molar refractivity (Wildman–Crippen MR) is 79.7 cm³/mol. The van der Waals surface area contributed by atoms with Gasteiger partial charge in [-0.1, -0.05) is 0 Å². The lowest BCUT2D eigenvalue weighted by Crippen LogP contribution is -2.37. The molecule has 3 N–H and O–H groups in total. The van der Waals surface area contributed by atoms with Gasteiger partial charge in [0.15, 0.2) is 0 Å². The molecule has 2 fully saturated rings. The largest absolute Gasteiger partial charge is 0.396 e. The number of aromatic nitrogens is 2. The van der Waals surface area contributed by atoms with Crippen LogP contribution in [0.4, 0.5) is 0 Å². The van der Waals surface area contributed by atoms with Gasteiger partial charge in [0.2, 0.25) is 0 Å². The second-order valence-electron chi connectivity index (χ2n) is 6.57. The van der Waals surface area contributed by atoms with Gasteiger partial charge < -0.3 is 15.5 Å². The maximum atomic E-state index is 10.2. The van der Waals surface area contributed by atoms with E-state index in [-0.39, 0.29) is 24.5 Å². The lowest BCUT2D eigenvalue weighted by atomic mass is 9.88. The average Bonchev–Trinajstić information content (AvgIpc) is 3.23. The molecule has 5 heteroatoms. The standard InChI is InChI=1S/C16H25N3O2/c1-10-17-5-4-12(19-10)6-13-14(9-20)16(21)7-15(13)18-8-11-2-3-11/h4-5,11,13-16,18,20-21H,2-3,6-9H2,1H3. The molecule has 3 rings (SSSR count). The lowest BCUT2D eigenvalue weighted by Gasteiger charge is -2.25. The minimum absolute atomic E-state index is 0.0392.